The number of rotatable bonds is 4. The minimum Gasteiger partial charge on any atom is -0.389 e. The number of benzene rings is 1. The van der Waals surface area contributed by atoms with Crippen molar-refractivity contribution >= 4 is 21.5 Å². The summed E-state index contributed by atoms with van der Waals surface area (Å²) >= 11 is 0. The van der Waals surface area contributed by atoms with Crippen LogP contribution in [0.1, 0.15) is 32.3 Å². The molecule has 4 rings (SSSR count). The Labute approximate surface area is 169 Å². The normalized spacial score (nSPS) is 18.6. The summed E-state index contributed by atoms with van der Waals surface area (Å²) in [6.07, 6.45) is 4.29. The zero-order chi connectivity index (χ0) is 21.0. The van der Waals surface area contributed by atoms with Crippen LogP contribution in [0.15, 0.2) is 35.6 Å². The molecule has 0 radical (unpaired) electrons. The number of imidazole rings is 1. The third-order valence-electron chi connectivity index (χ3n) is 5.44. The highest BCUT2D eigenvalue weighted by Gasteiger charge is 2.42. The van der Waals surface area contributed by atoms with Gasteiger partial charge in [-0.3, -0.25) is 0 Å². The zero-order valence-corrected chi connectivity index (χ0v) is 17.4. The van der Waals surface area contributed by atoms with Gasteiger partial charge in [0.25, 0.3) is 0 Å². The number of aryl methyl sites for hydroxylation is 1. The van der Waals surface area contributed by atoms with Crippen LogP contribution in [0.5, 0.6) is 0 Å². The smallest absolute Gasteiger partial charge is 0.243 e. The van der Waals surface area contributed by atoms with Crippen molar-refractivity contribution in [3.05, 3.63) is 36.3 Å². The number of fused-ring (bicyclic) bond motifs is 1. The number of aliphatic hydroxyl groups is 1. The molecule has 3 aromatic rings. The summed E-state index contributed by atoms with van der Waals surface area (Å²) in [7, 11) is -3.78. The Morgan fingerprint density at radius 1 is 1.28 bits per heavy atom. The van der Waals surface area contributed by atoms with Crippen molar-refractivity contribution in [3.63, 3.8) is 0 Å². The van der Waals surface area contributed by atoms with Crippen molar-refractivity contribution < 1.29 is 13.5 Å². The average Bonchev–Trinajstić information content (AvgIpc) is 3.30. The van der Waals surface area contributed by atoms with Gasteiger partial charge in [-0.1, -0.05) is 6.07 Å². The molecule has 1 aromatic carbocycles. The number of hydrogen-bond acceptors (Lipinski definition) is 7. The van der Waals surface area contributed by atoms with Crippen molar-refractivity contribution in [3.8, 4) is 11.3 Å². The number of sulfonamides is 1. The second kappa shape index (κ2) is 6.75. The Morgan fingerprint density at radius 3 is 2.76 bits per heavy atom. The second-order valence-corrected chi connectivity index (χ2v) is 9.82. The van der Waals surface area contributed by atoms with Crippen LogP contribution in [-0.2, 0) is 10.0 Å². The summed E-state index contributed by atoms with van der Waals surface area (Å²) in [6, 6.07) is 4.54. The van der Waals surface area contributed by atoms with Crippen LogP contribution in [0.25, 0.3) is 16.9 Å². The first-order valence-electron chi connectivity index (χ1n) is 9.40. The minimum absolute atomic E-state index is 0.172. The molecule has 0 spiro atoms. The topological polar surface area (TPSA) is 127 Å². The van der Waals surface area contributed by atoms with Gasteiger partial charge >= 0.3 is 0 Å². The van der Waals surface area contributed by atoms with E-state index < -0.39 is 21.7 Å². The summed E-state index contributed by atoms with van der Waals surface area (Å²) in [5, 5.41) is 14.7. The average molecular weight is 417 g/mol. The number of aromatic nitrogens is 4. The maximum Gasteiger partial charge on any atom is 0.243 e. The fourth-order valence-electron chi connectivity index (χ4n) is 3.92. The summed E-state index contributed by atoms with van der Waals surface area (Å²) in [5.41, 5.74) is 7.36. The molecule has 1 aliphatic rings. The first kappa shape index (κ1) is 19.7. The number of nitrogens with two attached hydrogens (primary N) is 1. The molecule has 1 unspecified atom stereocenters. The van der Waals surface area contributed by atoms with Gasteiger partial charge in [-0.15, -0.1) is 0 Å². The maximum atomic E-state index is 13.4. The fraction of sp³-hybridized carbons (Fsp3) is 0.421. The molecule has 0 saturated carbocycles. The van der Waals surface area contributed by atoms with Crippen LogP contribution < -0.4 is 5.73 Å². The van der Waals surface area contributed by atoms with Crippen LogP contribution >= 0.6 is 0 Å². The largest absolute Gasteiger partial charge is 0.389 e. The van der Waals surface area contributed by atoms with Gasteiger partial charge in [-0.2, -0.15) is 9.40 Å². The predicted molar refractivity (Wildman–Crippen MR) is 109 cm³/mol. The molecule has 1 saturated heterocycles. The van der Waals surface area contributed by atoms with Crippen LogP contribution in [0.4, 0.5) is 5.82 Å². The Kier molecular flexibility index (Phi) is 4.60. The van der Waals surface area contributed by atoms with E-state index in [1.807, 2.05) is 6.92 Å². The van der Waals surface area contributed by atoms with Crippen LogP contribution in [0.3, 0.4) is 0 Å². The summed E-state index contributed by atoms with van der Waals surface area (Å²) in [6.45, 7) is 5.58. The third kappa shape index (κ3) is 3.26. The lowest BCUT2D eigenvalue weighted by atomic mass is 9.98. The molecule has 9 nitrogen and oxygen atoms in total. The van der Waals surface area contributed by atoms with Gasteiger partial charge in [0.2, 0.25) is 10.0 Å². The van der Waals surface area contributed by atoms with E-state index in [2.05, 4.69) is 15.1 Å². The quantitative estimate of drug-likeness (QED) is 0.661. The highest BCUT2D eigenvalue weighted by atomic mass is 32.2. The molecule has 1 fully saturated rings. The Morgan fingerprint density at radius 2 is 2.03 bits per heavy atom. The van der Waals surface area contributed by atoms with Gasteiger partial charge in [0.1, 0.15) is 6.33 Å². The highest BCUT2D eigenvalue weighted by Crippen LogP contribution is 2.34. The van der Waals surface area contributed by atoms with E-state index in [4.69, 9.17) is 5.73 Å². The molecular formula is C19H24N6O3S. The lowest BCUT2D eigenvalue weighted by molar-refractivity contribution is 0.0215. The Hall–Kier alpha value is -2.56. The number of anilines is 1. The molecule has 10 heteroatoms. The molecule has 2 aromatic heterocycles. The monoisotopic (exact) mass is 416 g/mol. The Bertz CT molecular complexity index is 1180. The molecule has 0 aliphatic carbocycles. The van der Waals surface area contributed by atoms with Gasteiger partial charge in [-0.25, -0.2) is 22.9 Å². The fourth-order valence-corrected chi connectivity index (χ4v) is 5.77. The molecule has 3 heterocycles. The van der Waals surface area contributed by atoms with Crippen molar-refractivity contribution in [1.82, 2.24) is 23.9 Å². The molecule has 0 bridgehead atoms. The second-order valence-electron chi connectivity index (χ2n) is 7.93. The van der Waals surface area contributed by atoms with E-state index in [-0.39, 0.29) is 10.7 Å². The molecule has 154 valence electrons. The van der Waals surface area contributed by atoms with Crippen molar-refractivity contribution in [2.45, 2.75) is 50.2 Å². The van der Waals surface area contributed by atoms with Gasteiger partial charge in [-0.05, 0) is 51.3 Å². The lowest BCUT2D eigenvalue weighted by Gasteiger charge is -2.33. The standard InChI is InChI=1S/C19H24N6O3S/c1-12-6-7-13(29(27,28)24-8-4-5-16(24)19(2,3)26)9-14(12)15-10-21-18-17(20)22-11-23-25(15)18/h6-7,9-11,16,26H,4-5,8H2,1-3H3,(H2,20,22,23). The van der Waals surface area contributed by atoms with E-state index in [1.54, 1.807) is 42.8 Å². The van der Waals surface area contributed by atoms with Crippen molar-refractivity contribution in [2.75, 3.05) is 12.3 Å². The van der Waals surface area contributed by atoms with Gasteiger partial charge in [0.05, 0.1) is 28.4 Å². The molecular weight excluding hydrogens is 392 g/mol. The summed E-state index contributed by atoms with van der Waals surface area (Å²) in [4.78, 5) is 8.38. The minimum atomic E-state index is -3.78. The van der Waals surface area contributed by atoms with Gasteiger partial charge < -0.3 is 10.8 Å². The van der Waals surface area contributed by atoms with E-state index >= 15 is 0 Å². The van der Waals surface area contributed by atoms with E-state index in [9.17, 15) is 13.5 Å². The number of nitrogens with zero attached hydrogens (tertiary/aromatic N) is 5. The molecule has 1 atom stereocenters. The zero-order valence-electron chi connectivity index (χ0n) is 16.6. The van der Waals surface area contributed by atoms with Crippen LogP contribution in [-0.4, -0.2) is 55.6 Å². The SMILES string of the molecule is Cc1ccc(S(=O)(=O)N2CCCC2C(C)(C)O)cc1-c1cnc2c(N)ncnn12. The predicted octanol–water partition coefficient (Wildman–Crippen LogP) is 1.61. The van der Waals surface area contributed by atoms with E-state index in [0.717, 1.165) is 12.0 Å². The first-order chi connectivity index (χ1) is 13.6. The number of hydrogen-bond donors (Lipinski definition) is 2. The van der Waals surface area contributed by atoms with Crippen molar-refractivity contribution in [1.29, 1.82) is 0 Å². The van der Waals surface area contributed by atoms with Gasteiger partial charge in [0.15, 0.2) is 11.5 Å². The summed E-state index contributed by atoms with van der Waals surface area (Å²) in [5.74, 6) is 0.248. The van der Waals surface area contributed by atoms with Crippen LogP contribution in [0.2, 0.25) is 0 Å². The third-order valence-corrected chi connectivity index (χ3v) is 7.35. The van der Waals surface area contributed by atoms with E-state index in [0.29, 0.717) is 29.9 Å². The van der Waals surface area contributed by atoms with Crippen LogP contribution in [0, 0.1) is 6.92 Å². The maximum absolute atomic E-state index is 13.4. The van der Waals surface area contributed by atoms with E-state index in [1.165, 1.54) is 10.6 Å². The highest BCUT2D eigenvalue weighted by molar-refractivity contribution is 7.89. The molecule has 29 heavy (non-hydrogen) atoms. The Balaban J connectivity index is 1.82. The molecule has 3 N–H and O–H groups in total. The number of nitrogen functional groups attached to an aromatic ring is 1. The lowest BCUT2D eigenvalue weighted by Crippen LogP contribution is -2.48. The molecule has 1 aliphatic heterocycles. The molecule has 0 amide bonds. The summed E-state index contributed by atoms with van der Waals surface area (Å²) < 4.78 is 29.7. The van der Waals surface area contributed by atoms with Crippen molar-refractivity contribution in [2.24, 2.45) is 0 Å². The first-order valence-corrected chi connectivity index (χ1v) is 10.8. The van der Waals surface area contributed by atoms with Gasteiger partial charge in [0, 0.05) is 12.1 Å².